The minimum absolute atomic E-state index is 0.516. The first-order valence-electron chi connectivity index (χ1n) is 5.89. The summed E-state index contributed by atoms with van der Waals surface area (Å²) >= 11 is 0. The van der Waals surface area contributed by atoms with Crippen LogP contribution in [0.4, 0.5) is 0 Å². The van der Waals surface area contributed by atoms with Crippen LogP contribution in [-0.2, 0) is 6.54 Å². The summed E-state index contributed by atoms with van der Waals surface area (Å²) < 4.78 is 0. The number of aromatic nitrogens is 2. The van der Waals surface area contributed by atoms with Crippen molar-refractivity contribution in [1.29, 1.82) is 0 Å². The zero-order chi connectivity index (χ0) is 11.2. The monoisotopic (exact) mass is 221 g/mol. The van der Waals surface area contributed by atoms with E-state index in [0.29, 0.717) is 18.5 Å². The molecule has 0 bridgehead atoms. The number of aromatic amines is 1. The lowest BCUT2D eigenvalue weighted by atomic mass is 9.96. The molecule has 0 amide bonds. The first-order chi connectivity index (χ1) is 7.84. The van der Waals surface area contributed by atoms with Crippen molar-refractivity contribution in [3.05, 3.63) is 18.0 Å². The Morgan fingerprint density at radius 2 is 2.31 bits per heavy atom. The number of hydrogen-bond acceptors (Lipinski definition) is 2. The van der Waals surface area contributed by atoms with Gasteiger partial charge in [0.15, 0.2) is 5.96 Å². The molecule has 0 unspecified atom stereocenters. The quantitative estimate of drug-likeness (QED) is 0.529. The summed E-state index contributed by atoms with van der Waals surface area (Å²) in [4.78, 5) is 4.28. The first-order valence-corrected chi connectivity index (χ1v) is 5.89. The number of nitrogens with zero attached hydrogens (tertiary/aromatic N) is 2. The molecule has 0 atom stereocenters. The van der Waals surface area contributed by atoms with Gasteiger partial charge in [0.05, 0.1) is 12.7 Å². The van der Waals surface area contributed by atoms with Crippen molar-refractivity contribution in [3.8, 4) is 0 Å². The summed E-state index contributed by atoms with van der Waals surface area (Å²) in [5, 5.41) is 9.89. The minimum Gasteiger partial charge on any atom is -0.370 e. The van der Waals surface area contributed by atoms with Crippen LogP contribution < -0.4 is 11.1 Å². The maximum atomic E-state index is 5.83. The number of hydrogen-bond donors (Lipinski definition) is 3. The van der Waals surface area contributed by atoms with Crippen LogP contribution in [0.5, 0.6) is 0 Å². The zero-order valence-corrected chi connectivity index (χ0v) is 9.45. The molecular weight excluding hydrogens is 202 g/mol. The largest absolute Gasteiger partial charge is 0.370 e. The van der Waals surface area contributed by atoms with Crippen molar-refractivity contribution in [2.24, 2.45) is 10.7 Å². The lowest BCUT2D eigenvalue weighted by molar-refractivity contribution is 0.412. The number of rotatable bonds is 3. The third kappa shape index (κ3) is 3.25. The molecule has 1 aliphatic carbocycles. The Labute approximate surface area is 95.5 Å². The molecule has 2 rings (SSSR count). The molecule has 5 heteroatoms. The molecule has 1 saturated carbocycles. The average Bonchev–Trinajstić information content (AvgIpc) is 2.81. The van der Waals surface area contributed by atoms with E-state index in [2.05, 4.69) is 20.5 Å². The first kappa shape index (κ1) is 11.0. The summed E-state index contributed by atoms with van der Waals surface area (Å²) in [5.41, 5.74) is 6.88. The predicted molar refractivity (Wildman–Crippen MR) is 63.9 cm³/mol. The van der Waals surface area contributed by atoms with Gasteiger partial charge >= 0.3 is 0 Å². The lowest BCUT2D eigenvalue weighted by Crippen LogP contribution is -2.41. The highest BCUT2D eigenvalue weighted by Gasteiger charge is 2.13. The van der Waals surface area contributed by atoms with Gasteiger partial charge in [-0.1, -0.05) is 19.3 Å². The van der Waals surface area contributed by atoms with E-state index in [1.807, 2.05) is 6.20 Å². The van der Waals surface area contributed by atoms with Crippen LogP contribution in [0.2, 0.25) is 0 Å². The van der Waals surface area contributed by atoms with Gasteiger partial charge in [0.25, 0.3) is 0 Å². The van der Waals surface area contributed by atoms with Crippen molar-refractivity contribution in [2.45, 2.75) is 44.7 Å². The van der Waals surface area contributed by atoms with Crippen LogP contribution in [0.25, 0.3) is 0 Å². The van der Waals surface area contributed by atoms with Gasteiger partial charge in [0, 0.05) is 17.8 Å². The molecule has 1 aromatic heterocycles. The molecule has 1 aromatic rings. The Bertz CT molecular complexity index is 324. The predicted octanol–water partition coefficient (Wildman–Crippen LogP) is 1.15. The third-order valence-corrected chi connectivity index (χ3v) is 2.94. The molecule has 0 radical (unpaired) electrons. The molecule has 16 heavy (non-hydrogen) atoms. The Kier molecular flexibility index (Phi) is 3.80. The van der Waals surface area contributed by atoms with Gasteiger partial charge in [-0.3, -0.25) is 5.10 Å². The summed E-state index contributed by atoms with van der Waals surface area (Å²) in [7, 11) is 0. The van der Waals surface area contributed by atoms with E-state index in [4.69, 9.17) is 5.73 Å². The van der Waals surface area contributed by atoms with Gasteiger partial charge in [-0.05, 0) is 12.8 Å². The Morgan fingerprint density at radius 3 is 3.00 bits per heavy atom. The molecule has 4 N–H and O–H groups in total. The number of aliphatic imine (C=N–C) groups is 1. The smallest absolute Gasteiger partial charge is 0.189 e. The second-order valence-electron chi connectivity index (χ2n) is 4.29. The Balaban J connectivity index is 1.77. The number of H-pyrrole nitrogens is 1. The fraction of sp³-hybridized carbons (Fsp3) is 0.636. The number of nitrogens with one attached hydrogen (secondary N) is 2. The maximum Gasteiger partial charge on any atom is 0.189 e. The minimum atomic E-state index is 0.516. The highest BCUT2D eigenvalue weighted by atomic mass is 15.1. The molecule has 1 fully saturated rings. The lowest BCUT2D eigenvalue weighted by Gasteiger charge is -2.23. The topological polar surface area (TPSA) is 79.1 Å². The Hall–Kier alpha value is -1.52. The summed E-state index contributed by atoms with van der Waals surface area (Å²) in [6.45, 7) is 0.585. The average molecular weight is 221 g/mol. The van der Waals surface area contributed by atoms with Crippen molar-refractivity contribution in [1.82, 2.24) is 15.5 Å². The van der Waals surface area contributed by atoms with Crippen LogP contribution >= 0.6 is 0 Å². The summed E-state index contributed by atoms with van der Waals surface area (Å²) in [6, 6.07) is 0.516. The fourth-order valence-electron chi connectivity index (χ4n) is 2.04. The van der Waals surface area contributed by atoms with Crippen molar-refractivity contribution in [2.75, 3.05) is 0 Å². The van der Waals surface area contributed by atoms with Gasteiger partial charge in [0.1, 0.15) is 0 Å². The van der Waals surface area contributed by atoms with Crippen molar-refractivity contribution in [3.63, 3.8) is 0 Å². The van der Waals surface area contributed by atoms with E-state index in [0.717, 1.165) is 5.56 Å². The van der Waals surface area contributed by atoms with Crippen LogP contribution in [0.1, 0.15) is 37.7 Å². The molecule has 88 valence electrons. The summed E-state index contributed by atoms with van der Waals surface area (Å²) in [6.07, 6.45) is 9.96. The standard InChI is InChI=1S/C11H19N5/c12-11(13-6-9-7-14-15-8-9)16-10-4-2-1-3-5-10/h7-8,10H,1-6H2,(H,14,15)(H3,12,13,16). The molecule has 5 nitrogen and oxygen atoms in total. The second kappa shape index (κ2) is 5.53. The highest BCUT2D eigenvalue weighted by Crippen LogP contribution is 2.16. The molecule has 0 aliphatic heterocycles. The second-order valence-corrected chi connectivity index (χ2v) is 4.29. The van der Waals surface area contributed by atoms with Crippen LogP contribution in [0.15, 0.2) is 17.4 Å². The van der Waals surface area contributed by atoms with Crippen LogP contribution in [-0.4, -0.2) is 22.2 Å². The number of nitrogens with two attached hydrogens (primary N) is 1. The molecule has 1 heterocycles. The van der Waals surface area contributed by atoms with E-state index in [1.54, 1.807) is 6.20 Å². The van der Waals surface area contributed by atoms with E-state index in [-0.39, 0.29) is 0 Å². The Morgan fingerprint density at radius 1 is 1.50 bits per heavy atom. The van der Waals surface area contributed by atoms with Crippen LogP contribution in [0.3, 0.4) is 0 Å². The number of guanidine groups is 1. The molecule has 0 aromatic carbocycles. The molecule has 1 aliphatic rings. The van der Waals surface area contributed by atoms with E-state index >= 15 is 0 Å². The van der Waals surface area contributed by atoms with E-state index in [1.165, 1.54) is 32.1 Å². The van der Waals surface area contributed by atoms with Gasteiger partial charge in [-0.25, -0.2) is 4.99 Å². The van der Waals surface area contributed by atoms with Gasteiger partial charge < -0.3 is 11.1 Å². The van der Waals surface area contributed by atoms with Crippen molar-refractivity contribution < 1.29 is 0 Å². The fourth-order valence-corrected chi connectivity index (χ4v) is 2.04. The van der Waals surface area contributed by atoms with Gasteiger partial charge in [0.2, 0.25) is 0 Å². The van der Waals surface area contributed by atoms with E-state index < -0.39 is 0 Å². The highest BCUT2D eigenvalue weighted by molar-refractivity contribution is 5.78. The molecule has 0 spiro atoms. The normalized spacial score (nSPS) is 18.6. The van der Waals surface area contributed by atoms with Gasteiger partial charge in [-0.2, -0.15) is 5.10 Å². The third-order valence-electron chi connectivity index (χ3n) is 2.94. The van der Waals surface area contributed by atoms with E-state index in [9.17, 15) is 0 Å². The van der Waals surface area contributed by atoms with Crippen molar-refractivity contribution >= 4 is 5.96 Å². The summed E-state index contributed by atoms with van der Waals surface area (Å²) in [5.74, 6) is 0.549. The zero-order valence-electron chi connectivity index (χ0n) is 9.45. The SMILES string of the molecule is NC(=NCc1cn[nH]c1)NC1CCCCC1. The van der Waals surface area contributed by atoms with Gasteiger partial charge in [-0.15, -0.1) is 0 Å². The molecule has 0 saturated heterocycles. The van der Waals surface area contributed by atoms with Crippen LogP contribution in [0, 0.1) is 0 Å². The maximum absolute atomic E-state index is 5.83. The molecular formula is C11H19N5.